The first-order valence-electron chi connectivity index (χ1n) is 11.5. The van der Waals surface area contributed by atoms with Crippen molar-refractivity contribution in [2.75, 3.05) is 19.6 Å². The minimum Gasteiger partial charge on any atom is -0.486 e. The van der Waals surface area contributed by atoms with Gasteiger partial charge in [0.25, 0.3) is 5.91 Å². The molecule has 9 heteroatoms. The maximum atomic E-state index is 12.3. The van der Waals surface area contributed by atoms with Crippen LogP contribution >= 0.6 is 0 Å². The molecule has 1 unspecified atom stereocenters. The van der Waals surface area contributed by atoms with E-state index in [1.165, 1.54) is 0 Å². The van der Waals surface area contributed by atoms with Crippen molar-refractivity contribution in [1.29, 1.82) is 0 Å². The smallest absolute Gasteiger partial charge is 0.251 e. The lowest BCUT2D eigenvalue weighted by Gasteiger charge is -2.37. The van der Waals surface area contributed by atoms with Crippen molar-refractivity contribution in [3.05, 3.63) is 59.4 Å². The van der Waals surface area contributed by atoms with Crippen LogP contribution in [0.4, 0.5) is 0 Å². The molecule has 3 aromatic rings. The molecule has 1 aromatic carbocycles. The van der Waals surface area contributed by atoms with E-state index in [1.807, 2.05) is 45.0 Å². The third-order valence-corrected chi connectivity index (χ3v) is 5.65. The van der Waals surface area contributed by atoms with Gasteiger partial charge in [0.2, 0.25) is 5.89 Å². The Balaban J connectivity index is 1.29. The summed E-state index contributed by atoms with van der Waals surface area (Å²) in [6.07, 6.45) is 1.24. The van der Waals surface area contributed by atoms with E-state index in [9.17, 15) is 9.90 Å². The van der Waals surface area contributed by atoms with Crippen molar-refractivity contribution in [2.24, 2.45) is 0 Å². The number of carbonyl (C=O) groups is 1. The lowest BCUT2D eigenvalue weighted by atomic mass is 10.0. The van der Waals surface area contributed by atoms with E-state index in [0.717, 1.165) is 41.5 Å². The zero-order valence-corrected chi connectivity index (χ0v) is 20.0. The molecule has 1 amide bonds. The van der Waals surface area contributed by atoms with Crippen molar-refractivity contribution in [3.63, 3.8) is 0 Å². The Morgan fingerprint density at radius 1 is 1.26 bits per heavy atom. The van der Waals surface area contributed by atoms with Gasteiger partial charge in [-0.2, -0.15) is 4.98 Å². The normalized spacial score (nSPS) is 15.2. The zero-order chi connectivity index (χ0) is 24.2. The number of carbonyl (C=O) groups excluding carboxylic acids is 1. The second-order valence-corrected chi connectivity index (χ2v) is 9.10. The van der Waals surface area contributed by atoms with E-state index in [1.54, 1.807) is 19.2 Å². The minimum absolute atomic E-state index is 0.0989. The summed E-state index contributed by atoms with van der Waals surface area (Å²) in [6, 6.07) is 9.42. The van der Waals surface area contributed by atoms with Crippen molar-refractivity contribution < 1.29 is 19.2 Å². The molecule has 1 saturated heterocycles. The largest absolute Gasteiger partial charge is 0.486 e. The minimum atomic E-state index is -0.584. The predicted molar refractivity (Wildman–Crippen MR) is 127 cm³/mol. The number of benzene rings is 1. The van der Waals surface area contributed by atoms with E-state index in [4.69, 9.17) is 9.26 Å². The molecule has 180 valence electrons. The molecule has 1 aliphatic rings. The first-order chi connectivity index (χ1) is 16.3. The highest BCUT2D eigenvalue weighted by molar-refractivity contribution is 5.96. The summed E-state index contributed by atoms with van der Waals surface area (Å²) in [4.78, 5) is 23.4. The molecule has 0 saturated carbocycles. The van der Waals surface area contributed by atoms with Gasteiger partial charge in [-0.05, 0) is 43.7 Å². The molecular weight excluding hydrogens is 434 g/mol. The topological polar surface area (TPSA) is 114 Å². The fourth-order valence-corrected chi connectivity index (χ4v) is 3.71. The van der Waals surface area contributed by atoms with E-state index in [0.29, 0.717) is 18.0 Å². The summed E-state index contributed by atoms with van der Waals surface area (Å²) in [7, 11) is 0. The van der Waals surface area contributed by atoms with Gasteiger partial charge in [0.05, 0.1) is 24.5 Å². The van der Waals surface area contributed by atoms with Gasteiger partial charge >= 0.3 is 0 Å². The summed E-state index contributed by atoms with van der Waals surface area (Å²) >= 11 is 0. The van der Waals surface area contributed by atoms with Crippen LogP contribution in [-0.4, -0.2) is 62.9 Å². The van der Waals surface area contributed by atoms with Crippen LogP contribution in [0.1, 0.15) is 54.3 Å². The van der Waals surface area contributed by atoms with E-state index < -0.39 is 6.10 Å². The van der Waals surface area contributed by atoms with Gasteiger partial charge in [-0.25, -0.2) is 0 Å². The number of ether oxygens (including phenoxy) is 1. The highest BCUT2D eigenvalue weighted by Gasteiger charge is 2.30. The summed E-state index contributed by atoms with van der Waals surface area (Å²) in [5, 5.41) is 16.1. The number of amides is 1. The second-order valence-electron chi connectivity index (χ2n) is 9.10. The van der Waals surface area contributed by atoms with E-state index >= 15 is 0 Å². The van der Waals surface area contributed by atoms with E-state index in [-0.39, 0.29) is 24.5 Å². The Morgan fingerprint density at radius 2 is 2.06 bits per heavy atom. The Bertz CT molecular complexity index is 1120. The molecule has 2 aromatic heterocycles. The fourth-order valence-electron chi connectivity index (χ4n) is 3.71. The molecule has 0 spiro atoms. The molecule has 2 N–H and O–H groups in total. The monoisotopic (exact) mass is 465 g/mol. The van der Waals surface area contributed by atoms with Gasteiger partial charge in [0.15, 0.2) is 5.82 Å². The number of hydrogen-bond donors (Lipinski definition) is 2. The van der Waals surface area contributed by atoms with Gasteiger partial charge in [-0.15, -0.1) is 0 Å². The Hall–Kier alpha value is -3.30. The molecule has 1 atom stereocenters. The Kier molecular flexibility index (Phi) is 7.23. The van der Waals surface area contributed by atoms with Gasteiger partial charge in [0, 0.05) is 36.7 Å². The molecule has 0 bridgehead atoms. The number of likely N-dealkylation sites (tertiary alicyclic amines) is 1. The fraction of sp³-hybridized carbons (Fsp3) is 0.440. The average Bonchev–Trinajstić information content (AvgIpc) is 3.25. The maximum Gasteiger partial charge on any atom is 0.251 e. The molecule has 1 fully saturated rings. The van der Waals surface area contributed by atoms with Crippen LogP contribution in [0.25, 0.3) is 11.3 Å². The number of nitrogens with zero attached hydrogens (tertiary/aromatic N) is 4. The molecule has 9 nitrogen and oxygen atoms in total. The quantitative estimate of drug-likeness (QED) is 0.496. The van der Waals surface area contributed by atoms with Crippen molar-refractivity contribution >= 4 is 5.91 Å². The number of nitrogens with one attached hydrogen (secondary N) is 1. The standard InChI is InChI=1S/C25H31N5O4/c1-15(2)24-28-23(34-29-24)14-30-12-20(13-30)33-19-6-8-22(26-11-19)18-5-7-21(16(3)9-18)25(32)27-10-17(4)31/h5-9,11,15,17,20,31H,10,12-14H2,1-4H3,(H,27,32). The van der Waals surface area contributed by atoms with Gasteiger partial charge in [-0.1, -0.05) is 25.1 Å². The summed E-state index contributed by atoms with van der Waals surface area (Å²) in [6.45, 7) is 10.0. The van der Waals surface area contributed by atoms with Crippen LogP contribution in [-0.2, 0) is 6.54 Å². The number of aromatic nitrogens is 3. The second kappa shape index (κ2) is 10.3. The number of hydrogen-bond acceptors (Lipinski definition) is 8. The molecule has 3 heterocycles. The average molecular weight is 466 g/mol. The lowest BCUT2D eigenvalue weighted by molar-refractivity contribution is 0.00844. The highest BCUT2D eigenvalue weighted by atomic mass is 16.5. The van der Waals surface area contributed by atoms with Crippen LogP contribution in [0, 0.1) is 6.92 Å². The number of pyridine rings is 1. The van der Waals surface area contributed by atoms with Crippen molar-refractivity contribution in [3.8, 4) is 17.0 Å². The molecule has 4 rings (SSSR count). The highest BCUT2D eigenvalue weighted by Crippen LogP contribution is 2.24. The van der Waals surface area contributed by atoms with Gasteiger partial charge in [-0.3, -0.25) is 14.7 Å². The predicted octanol–water partition coefficient (Wildman–Crippen LogP) is 2.94. The number of aryl methyl sites for hydroxylation is 1. The molecular formula is C25H31N5O4. The third kappa shape index (κ3) is 5.78. The van der Waals surface area contributed by atoms with Gasteiger partial charge in [0.1, 0.15) is 11.9 Å². The van der Waals surface area contributed by atoms with Crippen LogP contribution < -0.4 is 10.1 Å². The molecule has 0 radical (unpaired) electrons. The summed E-state index contributed by atoms with van der Waals surface area (Å²) in [5.41, 5.74) is 3.16. The first kappa shape index (κ1) is 23.8. The van der Waals surface area contributed by atoms with Crippen LogP contribution in [0.15, 0.2) is 41.1 Å². The first-order valence-corrected chi connectivity index (χ1v) is 11.5. The van der Waals surface area contributed by atoms with Crippen LogP contribution in [0.5, 0.6) is 5.75 Å². The van der Waals surface area contributed by atoms with Crippen LogP contribution in [0.2, 0.25) is 0 Å². The van der Waals surface area contributed by atoms with Crippen molar-refractivity contribution in [1.82, 2.24) is 25.3 Å². The third-order valence-electron chi connectivity index (χ3n) is 5.65. The Labute approximate surface area is 199 Å². The Morgan fingerprint density at radius 3 is 2.68 bits per heavy atom. The number of rotatable bonds is 9. The van der Waals surface area contributed by atoms with Crippen molar-refractivity contribution in [2.45, 2.75) is 52.4 Å². The number of aliphatic hydroxyl groups is 1. The maximum absolute atomic E-state index is 12.3. The molecule has 0 aliphatic carbocycles. The van der Waals surface area contributed by atoms with Gasteiger partial charge < -0.3 is 19.7 Å². The van der Waals surface area contributed by atoms with E-state index in [2.05, 4.69) is 25.3 Å². The lowest BCUT2D eigenvalue weighted by Crippen LogP contribution is -2.53. The zero-order valence-electron chi connectivity index (χ0n) is 20.0. The number of aliphatic hydroxyl groups excluding tert-OH is 1. The van der Waals surface area contributed by atoms with Crippen LogP contribution in [0.3, 0.4) is 0 Å². The summed E-state index contributed by atoms with van der Waals surface area (Å²) < 4.78 is 11.3. The molecule has 34 heavy (non-hydrogen) atoms. The summed E-state index contributed by atoms with van der Waals surface area (Å²) in [5.74, 6) is 2.14. The SMILES string of the molecule is Cc1cc(-c2ccc(OC3CN(Cc4nc(C(C)C)no4)C3)cn2)ccc1C(=O)NCC(C)O. The molecule has 1 aliphatic heterocycles.